The summed E-state index contributed by atoms with van der Waals surface area (Å²) in [5.41, 5.74) is 2.83. The summed E-state index contributed by atoms with van der Waals surface area (Å²) in [7, 11) is -3.15. The van der Waals surface area contributed by atoms with Gasteiger partial charge in [0.1, 0.15) is 5.75 Å². The first-order valence-corrected chi connectivity index (χ1v) is 10.4. The number of fused-ring (bicyclic) bond motifs is 1. The monoisotopic (exact) mass is 347 g/mol. The van der Waals surface area contributed by atoms with E-state index in [-0.39, 0.29) is 11.6 Å². The third-order valence-electron chi connectivity index (χ3n) is 4.74. The van der Waals surface area contributed by atoms with E-state index in [0.717, 1.165) is 12.8 Å². The van der Waals surface area contributed by atoms with E-state index in [1.54, 1.807) is 0 Å². The van der Waals surface area contributed by atoms with Gasteiger partial charge >= 0.3 is 0 Å². The van der Waals surface area contributed by atoms with E-state index in [4.69, 9.17) is 4.52 Å². The van der Waals surface area contributed by atoms with Gasteiger partial charge in [0.25, 0.3) is 0 Å². The summed E-state index contributed by atoms with van der Waals surface area (Å²) in [6.07, 6.45) is 5.79. The molecule has 1 aromatic heterocycles. The van der Waals surface area contributed by atoms with Gasteiger partial charge in [0.05, 0.1) is 6.54 Å². The van der Waals surface area contributed by atoms with Crippen LogP contribution in [0.5, 0.6) is 0 Å². The number of sulfone groups is 1. The van der Waals surface area contributed by atoms with Crippen molar-refractivity contribution < 1.29 is 12.9 Å². The molecule has 2 aromatic rings. The van der Waals surface area contributed by atoms with Crippen LogP contribution in [-0.2, 0) is 28.6 Å². The van der Waals surface area contributed by atoms with Crippen LogP contribution in [-0.4, -0.2) is 35.8 Å². The van der Waals surface area contributed by atoms with Crippen LogP contribution in [0, 0.1) is 0 Å². The van der Waals surface area contributed by atoms with Crippen LogP contribution in [0.3, 0.4) is 0 Å². The first-order valence-electron chi connectivity index (χ1n) is 8.32. The molecule has 24 heavy (non-hydrogen) atoms. The number of aryl methyl sites for hydroxylation is 1. The predicted molar refractivity (Wildman–Crippen MR) is 88.9 cm³/mol. The third kappa shape index (κ3) is 3.37. The number of benzene rings is 1. The second-order valence-electron chi connectivity index (χ2n) is 6.83. The van der Waals surface area contributed by atoms with Gasteiger partial charge in [-0.3, -0.25) is 4.90 Å². The Bertz CT molecular complexity index is 842. The summed E-state index contributed by atoms with van der Waals surface area (Å²) in [5, 5.41) is 3.81. The molecule has 1 atom stereocenters. The van der Waals surface area contributed by atoms with Crippen LogP contribution < -0.4 is 0 Å². The fraction of sp³-hybridized carbons (Fsp3) is 0.529. The quantitative estimate of drug-likeness (QED) is 0.798. The maximum atomic E-state index is 11.4. The molecule has 6 nitrogen and oxygen atoms in total. The van der Waals surface area contributed by atoms with Crippen molar-refractivity contribution in [1.82, 2.24) is 15.0 Å². The number of nitrogens with zero attached hydrogens (tertiary/aromatic N) is 3. The zero-order chi connectivity index (χ0) is 16.7. The molecule has 0 saturated heterocycles. The van der Waals surface area contributed by atoms with Gasteiger partial charge in [0.2, 0.25) is 5.89 Å². The lowest BCUT2D eigenvalue weighted by Gasteiger charge is -2.28. The highest BCUT2D eigenvalue weighted by molar-refractivity contribution is 7.89. The molecule has 4 rings (SSSR count). The Labute approximate surface area is 141 Å². The van der Waals surface area contributed by atoms with Gasteiger partial charge in [-0.05, 0) is 36.8 Å². The molecule has 1 aromatic carbocycles. The topological polar surface area (TPSA) is 76.3 Å². The molecule has 0 amide bonds. The van der Waals surface area contributed by atoms with Crippen LogP contribution in [0.15, 0.2) is 28.8 Å². The molecule has 0 aliphatic heterocycles. The van der Waals surface area contributed by atoms with Gasteiger partial charge in [-0.25, -0.2) is 8.42 Å². The van der Waals surface area contributed by atoms with Crippen molar-refractivity contribution in [1.29, 1.82) is 0 Å². The molecule has 1 saturated carbocycles. The molecular formula is C17H21N3O3S. The molecule has 0 radical (unpaired) electrons. The van der Waals surface area contributed by atoms with Gasteiger partial charge in [-0.15, -0.1) is 0 Å². The van der Waals surface area contributed by atoms with Crippen LogP contribution in [0.4, 0.5) is 0 Å². The Morgan fingerprint density at radius 2 is 2.04 bits per heavy atom. The lowest BCUT2D eigenvalue weighted by Crippen LogP contribution is -2.29. The van der Waals surface area contributed by atoms with Crippen molar-refractivity contribution >= 4 is 9.84 Å². The van der Waals surface area contributed by atoms with Crippen molar-refractivity contribution in [2.45, 2.75) is 50.1 Å². The third-order valence-corrected chi connectivity index (χ3v) is 5.52. The standard InChI is InChI=1S/C17H21N3O3S/c1-24(21,22)11-16-18-17(23-19-16)10-20(13-7-8-13)15-9-6-12-4-2-3-5-14(12)15/h2-5,13,15H,6-11H2,1H3/t15-/m0/s1. The molecule has 0 spiro atoms. The molecule has 1 heterocycles. The largest absolute Gasteiger partial charge is 0.338 e. The van der Waals surface area contributed by atoms with E-state index in [1.165, 1.54) is 30.2 Å². The van der Waals surface area contributed by atoms with Crippen LogP contribution in [0.25, 0.3) is 0 Å². The zero-order valence-corrected chi connectivity index (χ0v) is 14.5. The Balaban J connectivity index is 1.53. The summed E-state index contributed by atoms with van der Waals surface area (Å²) in [6.45, 7) is 0.584. The van der Waals surface area contributed by atoms with Crippen molar-refractivity contribution in [3.63, 3.8) is 0 Å². The van der Waals surface area contributed by atoms with E-state index >= 15 is 0 Å². The highest BCUT2D eigenvalue weighted by atomic mass is 32.2. The lowest BCUT2D eigenvalue weighted by molar-refractivity contribution is 0.154. The SMILES string of the molecule is CS(=O)(=O)Cc1noc(CN(C2CC2)[C@H]2CCc3ccccc32)n1. The highest BCUT2D eigenvalue weighted by Crippen LogP contribution is 2.42. The minimum Gasteiger partial charge on any atom is -0.338 e. The second kappa shape index (κ2) is 5.97. The number of aromatic nitrogens is 2. The maximum absolute atomic E-state index is 11.4. The minimum absolute atomic E-state index is 0.174. The predicted octanol–water partition coefficient (Wildman–Crippen LogP) is 2.27. The molecule has 128 valence electrons. The summed E-state index contributed by atoms with van der Waals surface area (Å²) >= 11 is 0. The lowest BCUT2D eigenvalue weighted by atomic mass is 10.1. The number of rotatable bonds is 6. The van der Waals surface area contributed by atoms with Gasteiger partial charge in [0.15, 0.2) is 15.7 Å². The molecule has 2 aliphatic carbocycles. The van der Waals surface area contributed by atoms with Crippen molar-refractivity contribution in [2.75, 3.05) is 6.26 Å². The summed E-state index contributed by atoms with van der Waals surface area (Å²) < 4.78 is 28.0. The Morgan fingerprint density at radius 3 is 2.79 bits per heavy atom. The van der Waals surface area contributed by atoms with Crippen molar-refractivity contribution in [3.05, 3.63) is 47.1 Å². The molecule has 1 fully saturated rings. The van der Waals surface area contributed by atoms with Gasteiger partial charge < -0.3 is 4.52 Å². The molecular weight excluding hydrogens is 326 g/mol. The van der Waals surface area contributed by atoms with Gasteiger partial charge in [-0.2, -0.15) is 4.98 Å². The maximum Gasteiger partial charge on any atom is 0.240 e. The number of hydrogen-bond donors (Lipinski definition) is 0. The van der Waals surface area contributed by atoms with Gasteiger partial charge in [0, 0.05) is 18.3 Å². The van der Waals surface area contributed by atoms with E-state index in [1.807, 2.05) is 0 Å². The number of hydrogen-bond acceptors (Lipinski definition) is 6. The molecule has 0 N–H and O–H groups in total. The van der Waals surface area contributed by atoms with E-state index in [9.17, 15) is 8.42 Å². The van der Waals surface area contributed by atoms with Gasteiger partial charge in [-0.1, -0.05) is 29.4 Å². The van der Waals surface area contributed by atoms with Crippen LogP contribution in [0.2, 0.25) is 0 Å². The Kier molecular flexibility index (Phi) is 3.92. The van der Waals surface area contributed by atoms with Crippen molar-refractivity contribution in [2.24, 2.45) is 0 Å². The van der Waals surface area contributed by atoms with Crippen molar-refractivity contribution in [3.8, 4) is 0 Å². The first-order chi connectivity index (χ1) is 11.5. The molecule has 0 bridgehead atoms. The molecule has 0 unspecified atom stereocenters. The Morgan fingerprint density at radius 1 is 1.25 bits per heavy atom. The van der Waals surface area contributed by atoms with E-state index in [0.29, 0.717) is 24.5 Å². The smallest absolute Gasteiger partial charge is 0.240 e. The highest BCUT2D eigenvalue weighted by Gasteiger charge is 2.38. The van der Waals surface area contributed by atoms with Crippen LogP contribution >= 0.6 is 0 Å². The average Bonchev–Trinajstić information content (AvgIpc) is 3.13. The van der Waals surface area contributed by atoms with E-state index < -0.39 is 9.84 Å². The summed E-state index contributed by atoms with van der Waals surface area (Å²) in [5.74, 6) is 0.576. The molecule has 2 aliphatic rings. The first kappa shape index (κ1) is 15.8. The average molecular weight is 347 g/mol. The fourth-order valence-electron chi connectivity index (χ4n) is 3.58. The zero-order valence-electron chi connectivity index (χ0n) is 13.7. The normalized spacial score (nSPS) is 20.5. The fourth-order valence-corrected chi connectivity index (χ4v) is 4.17. The Hall–Kier alpha value is -1.73. The summed E-state index contributed by atoms with van der Waals surface area (Å²) in [4.78, 5) is 6.72. The van der Waals surface area contributed by atoms with Crippen LogP contribution in [0.1, 0.15) is 48.1 Å². The summed E-state index contributed by atoms with van der Waals surface area (Å²) in [6, 6.07) is 9.56. The minimum atomic E-state index is -3.15. The molecule has 7 heteroatoms. The second-order valence-corrected chi connectivity index (χ2v) is 8.97. The van der Waals surface area contributed by atoms with E-state index in [2.05, 4.69) is 39.3 Å².